The maximum absolute atomic E-state index is 12.9. The number of guanidine groups is 1. The highest BCUT2D eigenvalue weighted by molar-refractivity contribution is 5.79. The molecule has 2 aromatic rings. The van der Waals surface area contributed by atoms with E-state index < -0.39 is 0 Å². The van der Waals surface area contributed by atoms with Gasteiger partial charge in [-0.15, -0.1) is 0 Å². The Balaban J connectivity index is 1.91. The van der Waals surface area contributed by atoms with Gasteiger partial charge < -0.3 is 19.5 Å². The number of rotatable bonds is 8. The Bertz CT molecular complexity index is 723. The summed E-state index contributed by atoms with van der Waals surface area (Å²) in [5, 5.41) is 7.32. The Hall–Kier alpha value is -2.57. The summed E-state index contributed by atoms with van der Waals surface area (Å²) in [6, 6.07) is 6.03. The van der Waals surface area contributed by atoms with Crippen molar-refractivity contribution in [2.24, 2.45) is 4.99 Å². The average Bonchev–Trinajstić information content (AvgIpc) is 2.98. The van der Waals surface area contributed by atoms with E-state index in [0.717, 1.165) is 29.5 Å². The van der Waals surface area contributed by atoms with Crippen LogP contribution in [0, 0.1) is 19.7 Å². The number of hydrogen-bond donors (Lipinski definition) is 1. The summed E-state index contributed by atoms with van der Waals surface area (Å²) in [6.45, 7) is 10.6. The van der Waals surface area contributed by atoms with E-state index in [1.807, 2.05) is 32.7 Å². The Morgan fingerprint density at radius 1 is 1.33 bits per heavy atom. The minimum atomic E-state index is -0.270. The summed E-state index contributed by atoms with van der Waals surface area (Å²) in [4.78, 5) is 6.77. The van der Waals surface area contributed by atoms with Crippen molar-refractivity contribution in [3.8, 4) is 5.75 Å². The minimum absolute atomic E-state index is 0.216. The fourth-order valence-electron chi connectivity index (χ4n) is 2.92. The quantitative estimate of drug-likeness (QED) is 0.564. The molecular weight excluding hydrogens is 347 g/mol. The molecule has 0 aliphatic carbocycles. The molecule has 1 aromatic carbocycles. The second-order valence-corrected chi connectivity index (χ2v) is 6.56. The molecule has 1 N–H and O–H groups in total. The number of benzene rings is 1. The molecule has 0 saturated heterocycles. The van der Waals surface area contributed by atoms with Crippen LogP contribution in [0.25, 0.3) is 0 Å². The monoisotopic (exact) mass is 376 g/mol. The first kappa shape index (κ1) is 20.7. The lowest BCUT2D eigenvalue weighted by Gasteiger charge is -2.22. The van der Waals surface area contributed by atoms with E-state index in [0.29, 0.717) is 25.4 Å². The van der Waals surface area contributed by atoms with Crippen LogP contribution in [0.2, 0.25) is 0 Å². The third-order valence-electron chi connectivity index (χ3n) is 4.30. The average molecular weight is 376 g/mol. The highest BCUT2D eigenvalue weighted by Gasteiger charge is 2.16. The molecule has 0 radical (unpaired) electrons. The molecule has 1 unspecified atom stereocenters. The highest BCUT2D eigenvalue weighted by atomic mass is 19.1. The second-order valence-electron chi connectivity index (χ2n) is 6.56. The zero-order chi connectivity index (χ0) is 19.8. The van der Waals surface area contributed by atoms with Gasteiger partial charge in [-0.05, 0) is 45.0 Å². The molecular formula is C20H29FN4O2. The van der Waals surface area contributed by atoms with E-state index in [2.05, 4.69) is 17.4 Å². The van der Waals surface area contributed by atoms with Gasteiger partial charge in [-0.3, -0.25) is 4.99 Å². The minimum Gasteiger partial charge on any atom is -0.492 e. The van der Waals surface area contributed by atoms with Gasteiger partial charge in [0, 0.05) is 31.6 Å². The molecule has 0 spiro atoms. The molecule has 0 bridgehead atoms. The first-order valence-corrected chi connectivity index (χ1v) is 9.23. The summed E-state index contributed by atoms with van der Waals surface area (Å²) >= 11 is 0. The number of ether oxygens (including phenoxy) is 1. The van der Waals surface area contributed by atoms with Crippen molar-refractivity contribution in [3.05, 3.63) is 47.1 Å². The third kappa shape index (κ3) is 5.98. The van der Waals surface area contributed by atoms with Crippen molar-refractivity contribution in [3.63, 3.8) is 0 Å². The summed E-state index contributed by atoms with van der Waals surface area (Å²) in [6.07, 6.45) is 0. The standard InChI is InChI=1S/C20H29FN4O2/c1-6-22-20(23-13-14(2)19-15(3)24-27-16(19)4)25(5)11-12-26-18-9-7-17(21)8-10-18/h7-10,14H,6,11-13H2,1-5H3,(H,22,23). The van der Waals surface area contributed by atoms with Gasteiger partial charge in [-0.2, -0.15) is 0 Å². The van der Waals surface area contributed by atoms with Gasteiger partial charge in [-0.25, -0.2) is 4.39 Å². The van der Waals surface area contributed by atoms with Gasteiger partial charge in [0.1, 0.15) is 23.9 Å². The molecule has 7 heteroatoms. The summed E-state index contributed by atoms with van der Waals surface area (Å²) in [5.74, 6) is 2.26. The van der Waals surface area contributed by atoms with Crippen LogP contribution in [0.5, 0.6) is 5.75 Å². The topological polar surface area (TPSA) is 62.9 Å². The van der Waals surface area contributed by atoms with E-state index in [9.17, 15) is 4.39 Å². The van der Waals surface area contributed by atoms with Gasteiger partial charge >= 0.3 is 0 Å². The molecule has 1 heterocycles. The number of aliphatic imine (C=N–C) groups is 1. The van der Waals surface area contributed by atoms with Gasteiger partial charge in [0.2, 0.25) is 0 Å². The number of aryl methyl sites for hydroxylation is 2. The molecule has 1 aromatic heterocycles. The van der Waals surface area contributed by atoms with E-state index in [-0.39, 0.29) is 11.7 Å². The molecule has 0 aliphatic heterocycles. The second kappa shape index (κ2) is 9.94. The summed E-state index contributed by atoms with van der Waals surface area (Å²) in [7, 11) is 1.97. The Labute approximate surface area is 160 Å². The first-order valence-electron chi connectivity index (χ1n) is 9.23. The Kier molecular flexibility index (Phi) is 7.64. The summed E-state index contributed by atoms with van der Waals surface area (Å²) < 4.78 is 23.9. The van der Waals surface area contributed by atoms with Crippen LogP contribution in [0.4, 0.5) is 4.39 Å². The van der Waals surface area contributed by atoms with Gasteiger partial charge in [-0.1, -0.05) is 12.1 Å². The van der Waals surface area contributed by atoms with Crippen LogP contribution in [-0.2, 0) is 0 Å². The van der Waals surface area contributed by atoms with E-state index >= 15 is 0 Å². The van der Waals surface area contributed by atoms with Gasteiger partial charge in [0.05, 0.1) is 12.2 Å². The van der Waals surface area contributed by atoms with Crippen molar-refractivity contribution in [1.29, 1.82) is 0 Å². The lowest BCUT2D eigenvalue weighted by Crippen LogP contribution is -2.41. The predicted molar refractivity (Wildman–Crippen MR) is 105 cm³/mol. The van der Waals surface area contributed by atoms with Crippen molar-refractivity contribution in [1.82, 2.24) is 15.4 Å². The predicted octanol–water partition coefficient (Wildman–Crippen LogP) is 3.51. The molecule has 0 aliphatic rings. The van der Waals surface area contributed by atoms with Crippen LogP contribution in [0.1, 0.15) is 36.8 Å². The van der Waals surface area contributed by atoms with Crippen LogP contribution in [0.3, 0.4) is 0 Å². The highest BCUT2D eigenvalue weighted by Crippen LogP contribution is 2.23. The number of aromatic nitrogens is 1. The number of halogens is 1. The van der Waals surface area contributed by atoms with E-state index in [4.69, 9.17) is 14.3 Å². The fraction of sp³-hybridized carbons (Fsp3) is 0.500. The zero-order valence-electron chi connectivity index (χ0n) is 16.8. The molecule has 6 nitrogen and oxygen atoms in total. The van der Waals surface area contributed by atoms with Crippen molar-refractivity contribution in [2.45, 2.75) is 33.6 Å². The summed E-state index contributed by atoms with van der Waals surface area (Å²) in [5.41, 5.74) is 2.04. The first-order chi connectivity index (χ1) is 12.9. The molecule has 0 amide bonds. The van der Waals surface area contributed by atoms with Gasteiger partial charge in [0.15, 0.2) is 5.96 Å². The van der Waals surface area contributed by atoms with Crippen LogP contribution in [-0.4, -0.2) is 49.3 Å². The number of nitrogens with one attached hydrogen (secondary N) is 1. The van der Waals surface area contributed by atoms with Crippen LogP contribution < -0.4 is 10.1 Å². The van der Waals surface area contributed by atoms with Crippen LogP contribution >= 0.6 is 0 Å². The number of nitrogens with zero attached hydrogens (tertiary/aromatic N) is 3. The maximum atomic E-state index is 12.9. The molecule has 0 fully saturated rings. The largest absolute Gasteiger partial charge is 0.492 e. The van der Waals surface area contributed by atoms with Crippen molar-refractivity contribution >= 4 is 5.96 Å². The van der Waals surface area contributed by atoms with E-state index in [1.54, 1.807) is 12.1 Å². The molecule has 1 atom stereocenters. The molecule has 0 saturated carbocycles. The normalized spacial score (nSPS) is 12.7. The smallest absolute Gasteiger partial charge is 0.193 e. The number of hydrogen-bond acceptors (Lipinski definition) is 4. The molecule has 148 valence electrons. The fourth-order valence-corrected chi connectivity index (χ4v) is 2.92. The van der Waals surface area contributed by atoms with E-state index in [1.165, 1.54) is 12.1 Å². The lowest BCUT2D eigenvalue weighted by molar-refractivity contribution is 0.281. The lowest BCUT2D eigenvalue weighted by atomic mass is 10.00. The Morgan fingerprint density at radius 2 is 2.04 bits per heavy atom. The van der Waals surface area contributed by atoms with Crippen molar-refractivity contribution < 1.29 is 13.7 Å². The Morgan fingerprint density at radius 3 is 2.63 bits per heavy atom. The molecule has 2 rings (SSSR count). The number of likely N-dealkylation sites (N-methyl/N-ethyl adjacent to an activating group) is 1. The van der Waals surface area contributed by atoms with Crippen molar-refractivity contribution in [2.75, 3.05) is 33.3 Å². The van der Waals surface area contributed by atoms with Gasteiger partial charge in [0.25, 0.3) is 0 Å². The SMILES string of the molecule is CCNC(=NCC(C)c1c(C)noc1C)N(C)CCOc1ccc(F)cc1. The molecule has 27 heavy (non-hydrogen) atoms. The third-order valence-corrected chi connectivity index (χ3v) is 4.30. The zero-order valence-corrected chi connectivity index (χ0v) is 16.8. The van der Waals surface area contributed by atoms with Crippen LogP contribution in [0.15, 0.2) is 33.8 Å². The maximum Gasteiger partial charge on any atom is 0.193 e.